The number of benzene rings is 1. The van der Waals surface area contributed by atoms with E-state index in [2.05, 4.69) is 22.5 Å². The zero-order chi connectivity index (χ0) is 13.0. The molecule has 2 atom stereocenters. The summed E-state index contributed by atoms with van der Waals surface area (Å²) in [5.41, 5.74) is 0.858. The van der Waals surface area contributed by atoms with E-state index < -0.39 is 0 Å². The molecule has 1 aliphatic heterocycles. The summed E-state index contributed by atoms with van der Waals surface area (Å²) in [6.07, 6.45) is 0. The molecule has 1 amide bonds. The fourth-order valence-electron chi connectivity index (χ4n) is 2.35. The van der Waals surface area contributed by atoms with Gasteiger partial charge >= 0.3 is 0 Å². The third-order valence-electron chi connectivity index (χ3n) is 3.47. The average Bonchev–Trinajstić information content (AvgIpc) is 2.39. The first-order chi connectivity index (χ1) is 8.68. The predicted molar refractivity (Wildman–Crippen MR) is 73.6 cm³/mol. The molecule has 4 heteroatoms. The van der Waals surface area contributed by atoms with Crippen LogP contribution in [0.3, 0.4) is 0 Å². The van der Waals surface area contributed by atoms with Crippen molar-refractivity contribution in [2.24, 2.45) is 0 Å². The minimum atomic E-state index is -0.0951. The molecule has 1 fully saturated rings. The van der Waals surface area contributed by atoms with Crippen molar-refractivity contribution in [2.75, 3.05) is 25.0 Å². The first-order valence-corrected chi connectivity index (χ1v) is 6.51. The zero-order valence-corrected chi connectivity index (χ0v) is 11.0. The summed E-state index contributed by atoms with van der Waals surface area (Å²) in [6.45, 7) is 6.94. The molecule has 1 saturated heterocycles. The van der Waals surface area contributed by atoms with Gasteiger partial charge in [0.25, 0.3) is 0 Å². The molecule has 98 valence electrons. The van der Waals surface area contributed by atoms with Gasteiger partial charge < -0.3 is 10.6 Å². The van der Waals surface area contributed by atoms with Gasteiger partial charge in [-0.25, -0.2) is 0 Å². The van der Waals surface area contributed by atoms with Crippen LogP contribution in [-0.2, 0) is 4.79 Å². The van der Waals surface area contributed by atoms with Crippen LogP contribution in [-0.4, -0.2) is 42.5 Å². The lowest BCUT2D eigenvalue weighted by Crippen LogP contribution is -2.56. The largest absolute Gasteiger partial charge is 0.325 e. The minimum Gasteiger partial charge on any atom is -0.325 e. The molecule has 2 N–H and O–H groups in total. The molecular weight excluding hydrogens is 226 g/mol. The molecule has 0 aliphatic carbocycles. The summed E-state index contributed by atoms with van der Waals surface area (Å²) in [5.74, 6) is 0.0648. The van der Waals surface area contributed by atoms with Crippen LogP contribution in [0.15, 0.2) is 30.3 Å². The number of anilines is 1. The monoisotopic (exact) mass is 247 g/mol. The summed E-state index contributed by atoms with van der Waals surface area (Å²) in [6, 6.07) is 9.91. The highest BCUT2D eigenvalue weighted by atomic mass is 16.2. The molecule has 1 heterocycles. The molecule has 0 aromatic heterocycles. The molecule has 0 spiro atoms. The maximum absolute atomic E-state index is 12.2. The van der Waals surface area contributed by atoms with Gasteiger partial charge in [0.1, 0.15) is 0 Å². The van der Waals surface area contributed by atoms with Gasteiger partial charge in [0, 0.05) is 31.4 Å². The topological polar surface area (TPSA) is 44.4 Å². The first-order valence-electron chi connectivity index (χ1n) is 6.51. The van der Waals surface area contributed by atoms with Crippen molar-refractivity contribution in [2.45, 2.75) is 25.9 Å². The van der Waals surface area contributed by atoms with E-state index in [4.69, 9.17) is 0 Å². The second-order valence-corrected chi connectivity index (χ2v) is 4.82. The van der Waals surface area contributed by atoms with E-state index in [0.29, 0.717) is 6.04 Å². The zero-order valence-electron chi connectivity index (χ0n) is 11.0. The van der Waals surface area contributed by atoms with E-state index in [-0.39, 0.29) is 11.9 Å². The maximum Gasteiger partial charge on any atom is 0.241 e. The van der Waals surface area contributed by atoms with Crippen molar-refractivity contribution >= 4 is 11.6 Å². The van der Waals surface area contributed by atoms with Gasteiger partial charge in [0.15, 0.2) is 0 Å². The quantitative estimate of drug-likeness (QED) is 0.846. The van der Waals surface area contributed by atoms with Gasteiger partial charge in [0.2, 0.25) is 5.91 Å². The number of hydrogen-bond acceptors (Lipinski definition) is 3. The summed E-state index contributed by atoms with van der Waals surface area (Å²) >= 11 is 0. The van der Waals surface area contributed by atoms with Crippen LogP contribution in [0, 0.1) is 0 Å². The van der Waals surface area contributed by atoms with E-state index in [9.17, 15) is 4.79 Å². The standard InChI is InChI=1S/C14H21N3O/c1-11-10-15-8-9-17(11)12(2)14(18)16-13-6-4-3-5-7-13/h3-7,11-12,15H,8-10H2,1-2H3,(H,16,18)/t11-,12?/m1/s1. The number of hydrogen-bond donors (Lipinski definition) is 2. The van der Waals surface area contributed by atoms with Gasteiger partial charge in [-0.15, -0.1) is 0 Å². The number of nitrogens with zero attached hydrogens (tertiary/aromatic N) is 1. The number of carbonyl (C=O) groups excluding carboxylic acids is 1. The molecule has 1 unspecified atom stereocenters. The Labute approximate surface area is 108 Å². The summed E-state index contributed by atoms with van der Waals surface area (Å²) in [7, 11) is 0. The number of carbonyl (C=O) groups is 1. The lowest BCUT2D eigenvalue weighted by Gasteiger charge is -2.37. The molecule has 2 rings (SSSR count). The van der Waals surface area contributed by atoms with Gasteiger partial charge in [0.05, 0.1) is 6.04 Å². The molecule has 1 aromatic carbocycles. The Bertz CT molecular complexity index is 393. The molecule has 1 aliphatic rings. The number of nitrogens with one attached hydrogen (secondary N) is 2. The van der Waals surface area contributed by atoms with Crippen molar-refractivity contribution < 1.29 is 4.79 Å². The second-order valence-electron chi connectivity index (χ2n) is 4.82. The molecule has 1 aromatic rings. The first kappa shape index (κ1) is 13.1. The predicted octanol–water partition coefficient (Wildman–Crippen LogP) is 1.31. The highest BCUT2D eigenvalue weighted by Crippen LogP contribution is 2.11. The van der Waals surface area contributed by atoms with Crippen LogP contribution in [0.5, 0.6) is 0 Å². The molecule has 0 saturated carbocycles. The van der Waals surface area contributed by atoms with Crippen molar-refractivity contribution in [1.29, 1.82) is 0 Å². The van der Waals surface area contributed by atoms with E-state index in [1.165, 1.54) is 0 Å². The number of rotatable bonds is 3. The van der Waals surface area contributed by atoms with Gasteiger partial charge in [-0.05, 0) is 26.0 Å². The van der Waals surface area contributed by atoms with E-state index in [0.717, 1.165) is 25.3 Å². The molecule has 0 bridgehead atoms. The lowest BCUT2D eigenvalue weighted by molar-refractivity contribution is -0.121. The smallest absolute Gasteiger partial charge is 0.241 e. The van der Waals surface area contributed by atoms with Crippen molar-refractivity contribution in [3.63, 3.8) is 0 Å². The Morgan fingerprint density at radius 1 is 1.44 bits per heavy atom. The maximum atomic E-state index is 12.2. The van der Waals surface area contributed by atoms with Crippen molar-refractivity contribution in [3.05, 3.63) is 30.3 Å². The van der Waals surface area contributed by atoms with Crippen LogP contribution in [0.2, 0.25) is 0 Å². The van der Waals surface area contributed by atoms with E-state index in [1.54, 1.807) is 0 Å². The van der Waals surface area contributed by atoms with Crippen LogP contribution in [0.4, 0.5) is 5.69 Å². The Balaban J connectivity index is 1.96. The Hall–Kier alpha value is -1.39. The summed E-state index contributed by atoms with van der Waals surface area (Å²) < 4.78 is 0. The second kappa shape index (κ2) is 5.98. The summed E-state index contributed by atoms with van der Waals surface area (Å²) in [4.78, 5) is 14.4. The van der Waals surface area contributed by atoms with Gasteiger partial charge in [-0.2, -0.15) is 0 Å². The van der Waals surface area contributed by atoms with E-state index >= 15 is 0 Å². The fourth-order valence-corrected chi connectivity index (χ4v) is 2.35. The highest BCUT2D eigenvalue weighted by Gasteiger charge is 2.27. The molecular formula is C14H21N3O. The van der Waals surface area contributed by atoms with Gasteiger partial charge in [-0.1, -0.05) is 18.2 Å². The lowest BCUT2D eigenvalue weighted by atomic mass is 10.1. The summed E-state index contributed by atoms with van der Waals surface area (Å²) in [5, 5.41) is 6.29. The van der Waals surface area contributed by atoms with Crippen molar-refractivity contribution in [1.82, 2.24) is 10.2 Å². The molecule has 18 heavy (non-hydrogen) atoms. The number of amides is 1. The highest BCUT2D eigenvalue weighted by molar-refractivity contribution is 5.94. The fraction of sp³-hybridized carbons (Fsp3) is 0.500. The minimum absolute atomic E-state index is 0.0648. The van der Waals surface area contributed by atoms with Crippen molar-refractivity contribution in [3.8, 4) is 0 Å². The van der Waals surface area contributed by atoms with Crippen LogP contribution < -0.4 is 10.6 Å². The average molecular weight is 247 g/mol. The SMILES string of the molecule is CC(C(=O)Nc1ccccc1)N1CCNC[C@H]1C. The third-order valence-corrected chi connectivity index (χ3v) is 3.47. The normalized spacial score (nSPS) is 22.4. The Morgan fingerprint density at radius 3 is 2.83 bits per heavy atom. The van der Waals surface area contributed by atoms with Crippen LogP contribution >= 0.6 is 0 Å². The Morgan fingerprint density at radius 2 is 2.17 bits per heavy atom. The Kier molecular flexibility index (Phi) is 4.33. The molecule has 0 radical (unpaired) electrons. The van der Waals surface area contributed by atoms with Gasteiger partial charge in [-0.3, -0.25) is 9.69 Å². The third kappa shape index (κ3) is 3.09. The van der Waals surface area contributed by atoms with Crippen LogP contribution in [0.25, 0.3) is 0 Å². The number of piperazine rings is 1. The van der Waals surface area contributed by atoms with Crippen LogP contribution in [0.1, 0.15) is 13.8 Å². The number of para-hydroxylation sites is 1. The molecule has 4 nitrogen and oxygen atoms in total. The van der Waals surface area contributed by atoms with E-state index in [1.807, 2.05) is 37.3 Å².